The molecule has 0 aliphatic heterocycles. The first-order chi connectivity index (χ1) is 9.58. The first-order valence-electron chi connectivity index (χ1n) is 6.83. The second kappa shape index (κ2) is 6.17. The number of nitrogens with zero attached hydrogens (tertiary/aromatic N) is 1. The van der Waals surface area contributed by atoms with E-state index in [4.69, 9.17) is 0 Å². The van der Waals surface area contributed by atoms with Crippen LogP contribution in [0, 0.1) is 12.8 Å². The molecule has 5 nitrogen and oxygen atoms in total. The van der Waals surface area contributed by atoms with Crippen LogP contribution in [0.3, 0.4) is 0 Å². The number of aromatic amines is 1. The fraction of sp³-hybridized carbons (Fsp3) is 0.500. The van der Waals surface area contributed by atoms with Crippen LogP contribution in [0.25, 0.3) is 10.2 Å². The van der Waals surface area contributed by atoms with E-state index in [0.717, 1.165) is 12.8 Å². The molecule has 0 saturated heterocycles. The summed E-state index contributed by atoms with van der Waals surface area (Å²) >= 11 is 1.27. The molecule has 0 radical (unpaired) electrons. The molecule has 108 valence electrons. The van der Waals surface area contributed by atoms with Crippen LogP contribution >= 0.6 is 11.3 Å². The van der Waals surface area contributed by atoms with Crippen molar-refractivity contribution in [1.82, 2.24) is 15.3 Å². The van der Waals surface area contributed by atoms with Crippen molar-refractivity contribution in [1.29, 1.82) is 0 Å². The zero-order valence-electron chi connectivity index (χ0n) is 11.9. The largest absolute Gasteiger partial charge is 0.351 e. The minimum absolute atomic E-state index is 0.114. The highest BCUT2D eigenvalue weighted by Gasteiger charge is 2.18. The Hall–Kier alpha value is -1.69. The molecule has 0 bridgehead atoms. The molecule has 0 aliphatic carbocycles. The van der Waals surface area contributed by atoms with E-state index >= 15 is 0 Å². The summed E-state index contributed by atoms with van der Waals surface area (Å²) in [6.07, 6.45) is 3.46. The van der Waals surface area contributed by atoms with Crippen molar-refractivity contribution in [2.24, 2.45) is 5.92 Å². The van der Waals surface area contributed by atoms with Gasteiger partial charge in [-0.25, -0.2) is 4.98 Å². The van der Waals surface area contributed by atoms with Crippen molar-refractivity contribution in [3.8, 4) is 0 Å². The predicted octanol–water partition coefficient (Wildman–Crippen LogP) is 2.46. The maximum Gasteiger partial charge on any atom is 0.261 e. The van der Waals surface area contributed by atoms with Gasteiger partial charge in [0, 0.05) is 6.54 Å². The molecule has 1 amide bonds. The van der Waals surface area contributed by atoms with E-state index in [2.05, 4.69) is 29.1 Å². The Bertz CT molecular complexity index is 671. The molecule has 2 N–H and O–H groups in total. The van der Waals surface area contributed by atoms with Gasteiger partial charge in [-0.2, -0.15) is 0 Å². The lowest BCUT2D eigenvalue weighted by atomic mass is 10.0. The molecule has 0 fully saturated rings. The van der Waals surface area contributed by atoms with Crippen LogP contribution in [0.15, 0.2) is 11.1 Å². The van der Waals surface area contributed by atoms with Gasteiger partial charge in [0.25, 0.3) is 11.5 Å². The van der Waals surface area contributed by atoms with Gasteiger partial charge >= 0.3 is 0 Å². The summed E-state index contributed by atoms with van der Waals surface area (Å²) in [6, 6.07) is 0. The number of carbonyl (C=O) groups excluding carboxylic acids is 1. The minimum atomic E-state index is -0.192. The third kappa shape index (κ3) is 2.75. The van der Waals surface area contributed by atoms with Gasteiger partial charge in [-0.15, -0.1) is 11.3 Å². The van der Waals surface area contributed by atoms with Crippen LogP contribution in [0.5, 0.6) is 0 Å². The molecule has 0 aliphatic rings. The van der Waals surface area contributed by atoms with Crippen molar-refractivity contribution in [3.63, 3.8) is 0 Å². The number of rotatable bonds is 5. The topological polar surface area (TPSA) is 74.8 Å². The van der Waals surface area contributed by atoms with Crippen molar-refractivity contribution in [2.45, 2.75) is 33.6 Å². The molecule has 2 aromatic rings. The molecule has 20 heavy (non-hydrogen) atoms. The summed E-state index contributed by atoms with van der Waals surface area (Å²) in [4.78, 5) is 31.9. The Kier molecular flexibility index (Phi) is 4.54. The van der Waals surface area contributed by atoms with Crippen LogP contribution < -0.4 is 10.9 Å². The second-order valence-electron chi connectivity index (χ2n) is 4.86. The standard InChI is InChI=1S/C14H19N3O2S/c1-4-9(5-2)6-15-13(19)11-8(3)10-12(18)16-7-17-14(10)20-11/h7,9H,4-6H2,1-3H3,(H,15,19)(H,16,17,18). The van der Waals surface area contributed by atoms with Gasteiger partial charge in [0.1, 0.15) is 4.83 Å². The molecule has 6 heteroatoms. The van der Waals surface area contributed by atoms with E-state index in [1.54, 1.807) is 6.92 Å². The summed E-state index contributed by atoms with van der Waals surface area (Å²) in [5, 5.41) is 3.47. The predicted molar refractivity (Wildman–Crippen MR) is 81.4 cm³/mol. The van der Waals surface area contributed by atoms with Gasteiger partial charge in [-0.1, -0.05) is 26.7 Å². The molecular weight excluding hydrogens is 274 g/mol. The lowest BCUT2D eigenvalue weighted by molar-refractivity contribution is 0.0950. The molecule has 2 aromatic heterocycles. The maximum atomic E-state index is 12.2. The number of hydrogen-bond donors (Lipinski definition) is 2. The number of nitrogens with one attached hydrogen (secondary N) is 2. The highest BCUT2D eigenvalue weighted by Crippen LogP contribution is 2.26. The highest BCUT2D eigenvalue weighted by atomic mass is 32.1. The van der Waals surface area contributed by atoms with E-state index in [0.29, 0.717) is 33.1 Å². The highest BCUT2D eigenvalue weighted by molar-refractivity contribution is 7.20. The molecule has 0 saturated carbocycles. The Balaban J connectivity index is 2.25. The lowest BCUT2D eigenvalue weighted by Crippen LogP contribution is -2.28. The summed E-state index contributed by atoms with van der Waals surface area (Å²) in [6.45, 7) is 6.70. The van der Waals surface area contributed by atoms with Crippen molar-refractivity contribution in [2.75, 3.05) is 6.54 Å². The Labute approximate surface area is 121 Å². The smallest absolute Gasteiger partial charge is 0.261 e. The molecule has 2 heterocycles. The number of thiophene rings is 1. The molecule has 0 atom stereocenters. The van der Waals surface area contributed by atoms with Gasteiger partial charge in [-0.3, -0.25) is 9.59 Å². The number of fused-ring (bicyclic) bond motifs is 1. The lowest BCUT2D eigenvalue weighted by Gasteiger charge is -2.12. The van der Waals surface area contributed by atoms with Crippen LogP contribution in [0.1, 0.15) is 41.9 Å². The normalized spacial score (nSPS) is 11.2. The van der Waals surface area contributed by atoms with Crippen LogP contribution in [0.4, 0.5) is 0 Å². The Morgan fingerprint density at radius 3 is 2.75 bits per heavy atom. The van der Waals surface area contributed by atoms with E-state index in [-0.39, 0.29) is 11.5 Å². The third-order valence-corrected chi connectivity index (χ3v) is 4.84. The number of H-pyrrole nitrogens is 1. The van der Waals surface area contributed by atoms with E-state index in [9.17, 15) is 9.59 Å². The summed E-state index contributed by atoms with van der Waals surface area (Å²) in [7, 11) is 0. The van der Waals surface area contributed by atoms with Gasteiger partial charge in [-0.05, 0) is 18.4 Å². The first kappa shape index (κ1) is 14.7. The SMILES string of the molecule is CCC(CC)CNC(=O)c1sc2nc[nH]c(=O)c2c1C. The van der Waals surface area contributed by atoms with Crippen LogP contribution in [-0.4, -0.2) is 22.4 Å². The van der Waals surface area contributed by atoms with Crippen LogP contribution in [-0.2, 0) is 0 Å². The Morgan fingerprint density at radius 1 is 1.45 bits per heavy atom. The number of amides is 1. The fourth-order valence-electron chi connectivity index (χ4n) is 2.19. The molecule has 0 aromatic carbocycles. The van der Waals surface area contributed by atoms with Crippen LogP contribution in [0.2, 0.25) is 0 Å². The van der Waals surface area contributed by atoms with Gasteiger partial charge in [0.2, 0.25) is 0 Å². The monoisotopic (exact) mass is 293 g/mol. The van der Waals surface area contributed by atoms with Crippen molar-refractivity contribution < 1.29 is 4.79 Å². The number of carbonyl (C=O) groups is 1. The van der Waals surface area contributed by atoms with Crippen molar-refractivity contribution >= 4 is 27.5 Å². The van der Waals surface area contributed by atoms with Gasteiger partial charge < -0.3 is 10.3 Å². The van der Waals surface area contributed by atoms with E-state index in [1.165, 1.54) is 17.7 Å². The second-order valence-corrected chi connectivity index (χ2v) is 5.86. The summed E-state index contributed by atoms with van der Waals surface area (Å²) in [5.41, 5.74) is 0.518. The summed E-state index contributed by atoms with van der Waals surface area (Å²) < 4.78 is 0. The molecule has 2 rings (SSSR count). The average Bonchev–Trinajstić information content (AvgIpc) is 2.78. The quantitative estimate of drug-likeness (QED) is 0.889. The number of hydrogen-bond acceptors (Lipinski definition) is 4. The van der Waals surface area contributed by atoms with Gasteiger partial charge in [0.05, 0.1) is 16.6 Å². The minimum Gasteiger partial charge on any atom is -0.351 e. The number of aryl methyl sites for hydroxylation is 1. The zero-order valence-corrected chi connectivity index (χ0v) is 12.8. The van der Waals surface area contributed by atoms with Gasteiger partial charge in [0.15, 0.2) is 0 Å². The van der Waals surface area contributed by atoms with Crippen molar-refractivity contribution in [3.05, 3.63) is 27.1 Å². The first-order valence-corrected chi connectivity index (χ1v) is 7.65. The van der Waals surface area contributed by atoms with E-state index in [1.807, 2.05) is 0 Å². The summed E-state index contributed by atoms with van der Waals surface area (Å²) in [5.74, 6) is 0.381. The molecular formula is C14H19N3O2S. The fourth-order valence-corrected chi connectivity index (χ4v) is 3.26. The molecule has 0 spiro atoms. The van der Waals surface area contributed by atoms with E-state index < -0.39 is 0 Å². The zero-order chi connectivity index (χ0) is 14.7. The Morgan fingerprint density at radius 2 is 2.15 bits per heavy atom. The number of aromatic nitrogens is 2. The maximum absolute atomic E-state index is 12.2. The molecule has 0 unspecified atom stereocenters. The average molecular weight is 293 g/mol. The third-order valence-electron chi connectivity index (χ3n) is 3.64.